The highest BCUT2D eigenvalue weighted by atomic mass is 19.1. The molecule has 0 heterocycles. The number of aliphatic hydroxyl groups excluding tert-OH is 1. The molecule has 1 rings (SSSR count). The van der Waals surface area contributed by atoms with Crippen LogP contribution in [0.5, 0.6) is 0 Å². The van der Waals surface area contributed by atoms with Gasteiger partial charge in [-0.25, -0.2) is 4.39 Å². The van der Waals surface area contributed by atoms with Crippen LogP contribution in [0.3, 0.4) is 0 Å². The Labute approximate surface area is 106 Å². The Hall–Kier alpha value is -1.46. The Kier molecular flexibility index (Phi) is 6.32. The van der Waals surface area contributed by atoms with Gasteiger partial charge in [0.1, 0.15) is 5.82 Å². The second-order valence-electron chi connectivity index (χ2n) is 3.92. The van der Waals surface area contributed by atoms with Crippen LogP contribution < -0.4 is 5.32 Å². The molecule has 0 aliphatic heterocycles. The summed E-state index contributed by atoms with van der Waals surface area (Å²) in [5.74, 6) is -0.685. The molecule has 1 atom stereocenters. The SMILES string of the molecule is CCOC(=O)CC(O)CNCc1ccc(F)cc1. The van der Waals surface area contributed by atoms with Gasteiger partial charge in [0.05, 0.1) is 19.1 Å². The van der Waals surface area contributed by atoms with Gasteiger partial charge >= 0.3 is 5.97 Å². The molecule has 0 fully saturated rings. The largest absolute Gasteiger partial charge is 0.466 e. The molecule has 1 aromatic rings. The van der Waals surface area contributed by atoms with Crippen LogP contribution in [0.25, 0.3) is 0 Å². The average Bonchev–Trinajstić information content (AvgIpc) is 2.32. The van der Waals surface area contributed by atoms with Crippen molar-refractivity contribution in [3.8, 4) is 0 Å². The zero-order chi connectivity index (χ0) is 13.4. The van der Waals surface area contributed by atoms with E-state index in [0.29, 0.717) is 13.2 Å². The van der Waals surface area contributed by atoms with Crippen LogP contribution in [-0.4, -0.2) is 30.3 Å². The van der Waals surface area contributed by atoms with E-state index in [1.807, 2.05) is 0 Å². The van der Waals surface area contributed by atoms with Crippen molar-refractivity contribution in [3.63, 3.8) is 0 Å². The number of ether oxygens (including phenoxy) is 1. The number of hydrogen-bond donors (Lipinski definition) is 2. The van der Waals surface area contributed by atoms with E-state index in [1.165, 1.54) is 12.1 Å². The highest BCUT2D eigenvalue weighted by Crippen LogP contribution is 2.02. The summed E-state index contributed by atoms with van der Waals surface area (Å²) in [7, 11) is 0. The van der Waals surface area contributed by atoms with Crippen molar-refractivity contribution in [2.24, 2.45) is 0 Å². The van der Waals surface area contributed by atoms with E-state index in [0.717, 1.165) is 5.56 Å². The molecular formula is C13H18FNO3. The third-order valence-electron chi connectivity index (χ3n) is 2.33. The predicted molar refractivity (Wildman–Crippen MR) is 65.4 cm³/mol. The maximum atomic E-state index is 12.6. The summed E-state index contributed by atoms with van der Waals surface area (Å²) < 4.78 is 17.4. The summed E-state index contributed by atoms with van der Waals surface area (Å²) in [6.45, 7) is 2.84. The van der Waals surface area contributed by atoms with Crippen LogP contribution >= 0.6 is 0 Å². The minimum Gasteiger partial charge on any atom is -0.466 e. The minimum absolute atomic E-state index is 0.0236. The summed E-state index contributed by atoms with van der Waals surface area (Å²) in [5.41, 5.74) is 0.916. The first-order valence-electron chi connectivity index (χ1n) is 5.90. The number of esters is 1. The highest BCUT2D eigenvalue weighted by Gasteiger charge is 2.10. The highest BCUT2D eigenvalue weighted by molar-refractivity contribution is 5.69. The van der Waals surface area contributed by atoms with E-state index in [1.54, 1.807) is 19.1 Å². The van der Waals surface area contributed by atoms with Crippen molar-refractivity contribution in [2.75, 3.05) is 13.2 Å². The molecule has 2 N–H and O–H groups in total. The molecule has 0 bridgehead atoms. The fraction of sp³-hybridized carbons (Fsp3) is 0.462. The molecule has 18 heavy (non-hydrogen) atoms. The molecule has 5 heteroatoms. The number of benzene rings is 1. The maximum absolute atomic E-state index is 12.6. The standard InChI is InChI=1S/C13H18FNO3/c1-2-18-13(17)7-12(16)9-15-8-10-3-5-11(14)6-4-10/h3-6,12,15-16H,2,7-9H2,1H3. The normalized spacial score (nSPS) is 12.2. The molecule has 100 valence electrons. The number of carbonyl (C=O) groups is 1. The van der Waals surface area contributed by atoms with E-state index >= 15 is 0 Å². The van der Waals surface area contributed by atoms with Crippen molar-refractivity contribution in [3.05, 3.63) is 35.6 Å². The number of rotatable bonds is 7. The second kappa shape index (κ2) is 7.79. The molecule has 0 saturated carbocycles. The Balaban J connectivity index is 2.21. The average molecular weight is 255 g/mol. The van der Waals surface area contributed by atoms with Crippen LogP contribution in [0, 0.1) is 5.82 Å². The van der Waals surface area contributed by atoms with E-state index < -0.39 is 12.1 Å². The fourth-order valence-corrected chi connectivity index (χ4v) is 1.47. The van der Waals surface area contributed by atoms with Crippen molar-refractivity contribution >= 4 is 5.97 Å². The van der Waals surface area contributed by atoms with E-state index in [-0.39, 0.29) is 18.8 Å². The van der Waals surface area contributed by atoms with Gasteiger partial charge in [-0.05, 0) is 24.6 Å². The summed E-state index contributed by atoms with van der Waals surface area (Å²) in [4.78, 5) is 11.1. The third kappa shape index (κ3) is 5.75. The monoisotopic (exact) mass is 255 g/mol. The molecule has 0 saturated heterocycles. The van der Waals surface area contributed by atoms with Gasteiger partial charge in [-0.1, -0.05) is 12.1 Å². The number of halogens is 1. The van der Waals surface area contributed by atoms with Gasteiger partial charge in [0.15, 0.2) is 0 Å². The Morgan fingerprint density at radius 1 is 1.44 bits per heavy atom. The Bertz CT molecular complexity index is 367. The molecule has 1 unspecified atom stereocenters. The number of nitrogens with one attached hydrogen (secondary N) is 1. The molecule has 0 radical (unpaired) electrons. The molecule has 0 aromatic heterocycles. The van der Waals surface area contributed by atoms with E-state index in [2.05, 4.69) is 5.32 Å². The number of aliphatic hydroxyl groups is 1. The van der Waals surface area contributed by atoms with Crippen molar-refractivity contribution in [2.45, 2.75) is 26.0 Å². The lowest BCUT2D eigenvalue weighted by atomic mass is 10.2. The van der Waals surface area contributed by atoms with Crippen molar-refractivity contribution in [1.82, 2.24) is 5.32 Å². The quantitative estimate of drug-likeness (QED) is 0.719. The lowest BCUT2D eigenvalue weighted by Crippen LogP contribution is -2.29. The van der Waals surface area contributed by atoms with Gasteiger partial charge in [0.25, 0.3) is 0 Å². The first kappa shape index (κ1) is 14.6. The van der Waals surface area contributed by atoms with Gasteiger partial charge in [-0.3, -0.25) is 4.79 Å². The van der Waals surface area contributed by atoms with E-state index in [9.17, 15) is 14.3 Å². The van der Waals surface area contributed by atoms with Crippen LogP contribution in [-0.2, 0) is 16.1 Å². The van der Waals surface area contributed by atoms with Crippen LogP contribution in [0.4, 0.5) is 4.39 Å². The van der Waals surface area contributed by atoms with Crippen LogP contribution in [0.1, 0.15) is 18.9 Å². The topological polar surface area (TPSA) is 58.6 Å². The first-order chi connectivity index (χ1) is 8.61. The second-order valence-corrected chi connectivity index (χ2v) is 3.92. The van der Waals surface area contributed by atoms with Gasteiger partial charge in [0.2, 0.25) is 0 Å². The lowest BCUT2D eigenvalue weighted by Gasteiger charge is -2.11. The molecule has 0 aliphatic rings. The van der Waals surface area contributed by atoms with Gasteiger partial charge < -0.3 is 15.2 Å². The molecule has 4 nitrogen and oxygen atoms in total. The van der Waals surface area contributed by atoms with Crippen molar-refractivity contribution < 1.29 is 19.0 Å². The minimum atomic E-state index is -0.774. The summed E-state index contributed by atoms with van der Waals surface area (Å²) >= 11 is 0. The first-order valence-corrected chi connectivity index (χ1v) is 5.90. The predicted octanol–water partition coefficient (Wildman–Crippen LogP) is 1.23. The molecular weight excluding hydrogens is 237 g/mol. The van der Waals surface area contributed by atoms with Crippen LogP contribution in [0.2, 0.25) is 0 Å². The lowest BCUT2D eigenvalue weighted by molar-refractivity contribution is -0.145. The zero-order valence-electron chi connectivity index (χ0n) is 10.4. The Morgan fingerprint density at radius 3 is 2.72 bits per heavy atom. The summed E-state index contributed by atoms with van der Waals surface area (Å²) in [5, 5.41) is 12.5. The van der Waals surface area contributed by atoms with Gasteiger partial charge in [0, 0.05) is 13.1 Å². The fourth-order valence-electron chi connectivity index (χ4n) is 1.47. The Morgan fingerprint density at radius 2 is 2.11 bits per heavy atom. The molecule has 0 spiro atoms. The molecule has 0 amide bonds. The zero-order valence-corrected chi connectivity index (χ0v) is 10.4. The number of carbonyl (C=O) groups excluding carboxylic acids is 1. The molecule has 0 aliphatic carbocycles. The maximum Gasteiger partial charge on any atom is 0.308 e. The van der Waals surface area contributed by atoms with Gasteiger partial charge in [-0.15, -0.1) is 0 Å². The van der Waals surface area contributed by atoms with Gasteiger partial charge in [-0.2, -0.15) is 0 Å². The molecule has 1 aromatic carbocycles. The van der Waals surface area contributed by atoms with E-state index in [4.69, 9.17) is 4.74 Å². The third-order valence-corrected chi connectivity index (χ3v) is 2.33. The number of hydrogen-bond acceptors (Lipinski definition) is 4. The smallest absolute Gasteiger partial charge is 0.308 e. The summed E-state index contributed by atoms with van der Waals surface area (Å²) in [6.07, 6.45) is -0.797. The summed E-state index contributed by atoms with van der Waals surface area (Å²) in [6, 6.07) is 6.10. The van der Waals surface area contributed by atoms with Crippen molar-refractivity contribution in [1.29, 1.82) is 0 Å². The van der Waals surface area contributed by atoms with Crippen LogP contribution in [0.15, 0.2) is 24.3 Å².